The van der Waals surface area contributed by atoms with Crippen LogP contribution in [0.4, 0.5) is 11.4 Å². The maximum Gasteiger partial charge on any atom is 0.238 e. The molecule has 2 rings (SSSR count). The van der Waals surface area contributed by atoms with E-state index in [0.717, 1.165) is 18.8 Å². The van der Waals surface area contributed by atoms with E-state index < -0.39 is 0 Å². The van der Waals surface area contributed by atoms with Crippen LogP contribution >= 0.6 is 0 Å². The van der Waals surface area contributed by atoms with E-state index in [2.05, 4.69) is 27.7 Å². The van der Waals surface area contributed by atoms with E-state index in [9.17, 15) is 4.79 Å². The summed E-state index contributed by atoms with van der Waals surface area (Å²) >= 11 is 0. The lowest BCUT2D eigenvalue weighted by molar-refractivity contribution is -0.115. The van der Waals surface area contributed by atoms with E-state index in [1.54, 1.807) is 0 Å². The molecule has 2 N–H and O–H groups in total. The molecule has 0 spiro atoms. The van der Waals surface area contributed by atoms with Crippen molar-refractivity contribution in [3.05, 3.63) is 24.3 Å². The van der Waals surface area contributed by atoms with Crippen LogP contribution < -0.4 is 15.5 Å². The first kappa shape index (κ1) is 14.9. The van der Waals surface area contributed by atoms with Crippen molar-refractivity contribution in [3.8, 4) is 0 Å². The first-order chi connectivity index (χ1) is 9.65. The number of piperidine rings is 1. The van der Waals surface area contributed by atoms with Gasteiger partial charge in [0.25, 0.3) is 0 Å². The number of amides is 1. The molecule has 1 heterocycles. The minimum Gasteiger partial charge on any atom is -0.372 e. The highest BCUT2D eigenvalue weighted by Gasteiger charge is 2.10. The van der Waals surface area contributed by atoms with Gasteiger partial charge < -0.3 is 15.5 Å². The lowest BCUT2D eigenvalue weighted by Crippen LogP contribution is -2.32. The number of carbonyl (C=O) groups excluding carboxylic acids is 1. The molecule has 0 bridgehead atoms. The average Bonchev–Trinajstić information content (AvgIpc) is 2.47. The third kappa shape index (κ3) is 4.53. The zero-order valence-electron chi connectivity index (χ0n) is 12.5. The minimum atomic E-state index is 0.00409. The fourth-order valence-corrected chi connectivity index (χ4v) is 2.41. The molecule has 4 heteroatoms. The highest BCUT2D eigenvalue weighted by Crippen LogP contribution is 2.21. The molecule has 1 aliphatic heterocycles. The highest BCUT2D eigenvalue weighted by atomic mass is 16.1. The van der Waals surface area contributed by atoms with Crippen LogP contribution in [-0.4, -0.2) is 31.6 Å². The molecule has 1 aliphatic rings. The Kier molecular flexibility index (Phi) is 5.41. The molecule has 20 heavy (non-hydrogen) atoms. The first-order valence-corrected chi connectivity index (χ1v) is 7.53. The lowest BCUT2D eigenvalue weighted by atomic mass is 10.1. The van der Waals surface area contributed by atoms with Crippen molar-refractivity contribution in [2.24, 2.45) is 0 Å². The molecule has 1 aromatic rings. The summed E-state index contributed by atoms with van der Waals surface area (Å²) in [4.78, 5) is 14.1. The molecule has 0 aromatic heterocycles. The zero-order valence-corrected chi connectivity index (χ0v) is 12.5. The van der Waals surface area contributed by atoms with Gasteiger partial charge >= 0.3 is 0 Å². The molecule has 4 nitrogen and oxygen atoms in total. The van der Waals surface area contributed by atoms with Gasteiger partial charge in [0.15, 0.2) is 0 Å². The summed E-state index contributed by atoms with van der Waals surface area (Å²) in [6.45, 7) is 6.70. The number of benzene rings is 1. The van der Waals surface area contributed by atoms with Crippen molar-refractivity contribution in [3.63, 3.8) is 0 Å². The molecular weight excluding hydrogens is 250 g/mol. The van der Waals surface area contributed by atoms with Gasteiger partial charge in [-0.1, -0.05) is 13.8 Å². The number of carbonyl (C=O) groups is 1. The van der Waals surface area contributed by atoms with Gasteiger partial charge in [0.1, 0.15) is 0 Å². The monoisotopic (exact) mass is 275 g/mol. The molecule has 1 fully saturated rings. The van der Waals surface area contributed by atoms with Crippen LogP contribution in [0.1, 0.15) is 33.1 Å². The molecule has 1 aromatic carbocycles. The van der Waals surface area contributed by atoms with Crippen molar-refractivity contribution >= 4 is 17.3 Å². The van der Waals surface area contributed by atoms with Gasteiger partial charge in [0.2, 0.25) is 5.91 Å². The zero-order chi connectivity index (χ0) is 14.4. The number of hydrogen-bond donors (Lipinski definition) is 2. The van der Waals surface area contributed by atoms with Crippen molar-refractivity contribution < 1.29 is 4.79 Å². The number of rotatable bonds is 5. The molecule has 0 unspecified atom stereocenters. The number of nitrogens with one attached hydrogen (secondary N) is 2. The van der Waals surface area contributed by atoms with Gasteiger partial charge in [-0.25, -0.2) is 0 Å². The number of anilines is 2. The molecule has 0 aliphatic carbocycles. The second-order valence-electron chi connectivity index (χ2n) is 5.68. The molecule has 0 radical (unpaired) electrons. The Morgan fingerprint density at radius 3 is 2.40 bits per heavy atom. The van der Waals surface area contributed by atoms with E-state index in [0.29, 0.717) is 12.6 Å². The van der Waals surface area contributed by atoms with Gasteiger partial charge in [-0.05, 0) is 43.5 Å². The topological polar surface area (TPSA) is 44.4 Å². The Morgan fingerprint density at radius 2 is 1.80 bits per heavy atom. The molecule has 1 amide bonds. The number of nitrogens with zero attached hydrogens (tertiary/aromatic N) is 1. The normalized spacial score (nSPS) is 15.4. The quantitative estimate of drug-likeness (QED) is 0.868. The summed E-state index contributed by atoms with van der Waals surface area (Å²) < 4.78 is 0. The Balaban J connectivity index is 1.86. The van der Waals surface area contributed by atoms with E-state index in [1.807, 2.05) is 26.0 Å². The first-order valence-electron chi connectivity index (χ1n) is 7.53. The predicted molar refractivity (Wildman–Crippen MR) is 84.3 cm³/mol. The maximum atomic E-state index is 11.7. The van der Waals surface area contributed by atoms with Crippen LogP contribution in [0.15, 0.2) is 24.3 Å². The predicted octanol–water partition coefficient (Wildman–Crippen LogP) is 2.61. The summed E-state index contributed by atoms with van der Waals surface area (Å²) in [6, 6.07) is 8.48. The second-order valence-corrected chi connectivity index (χ2v) is 5.68. The maximum absolute atomic E-state index is 11.7. The summed E-state index contributed by atoms with van der Waals surface area (Å²) in [6.07, 6.45) is 3.90. The van der Waals surface area contributed by atoms with Gasteiger partial charge in [-0.3, -0.25) is 4.79 Å². The van der Waals surface area contributed by atoms with Crippen LogP contribution in [-0.2, 0) is 4.79 Å². The minimum absolute atomic E-state index is 0.00409. The largest absolute Gasteiger partial charge is 0.372 e. The second kappa shape index (κ2) is 7.29. The molecule has 0 atom stereocenters. The Bertz CT molecular complexity index is 422. The van der Waals surface area contributed by atoms with E-state index in [4.69, 9.17) is 0 Å². The third-order valence-electron chi connectivity index (χ3n) is 3.54. The third-order valence-corrected chi connectivity index (χ3v) is 3.54. The summed E-state index contributed by atoms with van der Waals surface area (Å²) in [7, 11) is 0. The van der Waals surface area contributed by atoms with Gasteiger partial charge in [-0.2, -0.15) is 0 Å². The molecular formula is C16H25N3O. The molecule has 1 saturated heterocycles. The summed E-state index contributed by atoms with van der Waals surface area (Å²) in [5.41, 5.74) is 2.12. The van der Waals surface area contributed by atoms with Crippen LogP contribution in [0.25, 0.3) is 0 Å². The van der Waals surface area contributed by atoms with Crippen molar-refractivity contribution in [1.82, 2.24) is 5.32 Å². The summed E-state index contributed by atoms with van der Waals surface area (Å²) in [5.74, 6) is 0.00409. The van der Waals surface area contributed by atoms with E-state index in [1.165, 1.54) is 24.9 Å². The molecule has 110 valence electrons. The van der Waals surface area contributed by atoms with Gasteiger partial charge in [0, 0.05) is 30.5 Å². The lowest BCUT2D eigenvalue weighted by Gasteiger charge is -2.28. The van der Waals surface area contributed by atoms with Gasteiger partial charge in [0.05, 0.1) is 6.54 Å². The summed E-state index contributed by atoms with van der Waals surface area (Å²) in [5, 5.41) is 6.02. The van der Waals surface area contributed by atoms with Crippen LogP contribution in [0.2, 0.25) is 0 Å². The van der Waals surface area contributed by atoms with Crippen LogP contribution in [0.5, 0.6) is 0 Å². The van der Waals surface area contributed by atoms with E-state index in [-0.39, 0.29) is 5.91 Å². The van der Waals surface area contributed by atoms with Crippen molar-refractivity contribution in [1.29, 1.82) is 0 Å². The van der Waals surface area contributed by atoms with Gasteiger partial charge in [-0.15, -0.1) is 0 Å². The van der Waals surface area contributed by atoms with Crippen molar-refractivity contribution in [2.75, 3.05) is 29.9 Å². The average molecular weight is 275 g/mol. The Hall–Kier alpha value is -1.55. The van der Waals surface area contributed by atoms with Crippen LogP contribution in [0.3, 0.4) is 0 Å². The smallest absolute Gasteiger partial charge is 0.238 e. The fourth-order valence-electron chi connectivity index (χ4n) is 2.41. The Morgan fingerprint density at radius 1 is 1.15 bits per heavy atom. The van der Waals surface area contributed by atoms with E-state index >= 15 is 0 Å². The Labute approximate surface area is 121 Å². The number of hydrogen-bond acceptors (Lipinski definition) is 3. The standard InChI is InChI=1S/C16H25N3O/c1-13(2)17-12-16(20)18-14-6-8-15(9-7-14)19-10-4-3-5-11-19/h6-9,13,17H,3-5,10-12H2,1-2H3,(H,18,20). The van der Waals surface area contributed by atoms with Crippen LogP contribution in [0, 0.1) is 0 Å². The highest BCUT2D eigenvalue weighted by molar-refractivity contribution is 5.92. The van der Waals surface area contributed by atoms with Crippen molar-refractivity contribution in [2.45, 2.75) is 39.2 Å². The fraction of sp³-hybridized carbons (Fsp3) is 0.562. The SMILES string of the molecule is CC(C)NCC(=O)Nc1ccc(N2CCCCC2)cc1. The molecule has 0 saturated carbocycles.